The Balaban J connectivity index is 4.11. The molecule has 0 aliphatic rings. The highest BCUT2D eigenvalue weighted by Gasteiger charge is 2.22. The summed E-state index contributed by atoms with van der Waals surface area (Å²) >= 11 is 0. The Morgan fingerprint density at radius 3 is 1.46 bits per heavy atom. The van der Waals surface area contributed by atoms with Crippen molar-refractivity contribution in [2.75, 3.05) is 13.2 Å². The standard InChI is InChI=1S/C43H71O8P/c1-3-5-7-9-11-13-15-17-19-20-21-22-24-25-27-29-31-33-35-37-42(44)49-39-41(40-50-52(46,47)48)51-43(45)38-36-34-32-30-28-26-23-18-16-14-12-10-8-6-4-2/h5,7,11,13,17-19,21-23,25,27,31,33,41H,3-4,6,8-10,12,14-16,20,24,26,28-30,32,34-40H2,1-2H3,(H2,46,47,48)/b7-5+,13-11+,19-17+,22-21+,23-18+,27-25+,33-31+/t41-/m1/s1. The lowest BCUT2D eigenvalue weighted by Gasteiger charge is -2.18. The Bertz CT molecular complexity index is 1110. The van der Waals surface area contributed by atoms with Gasteiger partial charge in [-0.05, 0) is 77.0 Å². The highest BCUT2D eigenvalue weighted by Crippen LogP contribution is 2.36. The number of phosphoric ester groups is 1. The average molecular weight is 747 g/mol. The third kappa shape index (κ3) is 40.0. The Morgan fingerprint density at radius 2 is 0.962 bits per heavy atom. The molecule has 0 saturated heterocycles. The molecule has 0 heterocycles. The zero-order valence-electron chi connectivity index (χ0n) is 32.4. The van der Waals surface area contributed by atoms with Crippen LogP contribution in [0.4, 0.5) is 0 Å². The van der Waals surface area contributed by atoms with Crippen molar-refractivity contribution in [1.82, 2.24) is 0 Å². The van der Waals surface area contributed by atoms with Gasteiger partial charge in [0, 0.05) is 12.8 Å². The molecule has 0 fully saturated rings. The van der Waals surface area contributed by atoms with Crippen molar-refractivity contribution in [3.63, 3.8) is 0 Å². The molecule has 9 heteroatoms. The van der Waals surface area contributed by atoms with Crippen LogP contribution in [0.25, 0.3) is 0 Å². The summed E-state index contributed by atoms with van der Waals surface area (Å²) in [5.41, 5.74) is 0. The predicted molar refractivity (Wildman–Crippen MR) is 216 cm³/mol. The van der Waals surface area contributed by atoms with Gasteiger partial charge in [-0.2, -0.15) is 0 Å². The van der Waals surface area contributed by atoms with Gasteiger partial charge in [0.05, 0.1) is 6.61 Å². The van der Waals surface area contributed by atoms with Gasteiger partial charge in [0.25, 0.3) is 0 Å². The van der Waals surface area contributed by atoms with Crippen molar-refractivity contribution in [2.24, 2.45) is 0 Å². The fourth-order valence-corrected chi connectivity index (χ4v) is 5.34. The van der Waals surface area contributed by atoms with Gasteiger partial charge in [-0.15, -0.1) is 0 Å². The van der Waals surface area contributed by atoms with E-state index in [2.05, 4.69) is 91.3 Å². The van der Waals surface area contributed by atoms with Crippen LogP contribution < -0.4 is 0 Å². The molecule has 8 nitrogen and oxygen atoms in total. The Morgan fingerprint density at radius 1 is 0.519 bits per heavy atom. The number of esters is 2. The molecule has 0 aliphatic heterocycles. The topological polar surface area (TPSA) is 119 Å². The van der Waals surface area contributed by atoms with Crippen LogP contribution >= 0.6 is 7.82 Å². The first-order chi connectivity index (χ1) is 25.3. The summed E-state index contributed by atoms with van der Waals surface area (Å²) in [6.07, 6.45) is 50.3. The average Bonchev–Trinajstić information content (AvgIpc) is 3.11. The van der Waals surface area contributed by atoms with Gasteiger partial charge in [-0.1, -0.05) is 150 Å². The normalized spacial score (nSPS) is 13.4. The van der Waals surface area contributed by atoms with E-state index in [1.165, 1.54) is 38.5 Å². The van der Waals surface area contributed by atoms with Crippen LogP contribution in [0.5, 0.6) is 0 Å². The molecule has 296 valence electrons. The van der Waals surface area contributed by atoms with Crippen LogP contribution in [-0.2, 0) is 28.2 Å². The van der Waals surface area contributed by atoms with E-state index in [0.29, 0.717) is 12.8 Å². The number of hydrogen-bond donors (Lipinski definition) is 2. The van der Waals surface area contributed by atoms with Crippen molar-refractivity contribution < 1.29 is 37.9 Å². The molecule has 2 N–H and O–H groups in total. The quantitative estimate of drug-likeness (QED) is 0.0285. The van der Waals surface area contributed by atoms with Crippen molar-refractivity contribution in [3.8, 4) is 0 Å². The lowest BCUT2D eigenvalue weighted by Crippen LogP contribution is -2.29. The van der Waals surface area contributed by atoms with Crippen molar-refractivity contribution in [3.05, 3.63) is 85.1 Å². The number of carbonyl (C=O) groups excluding carboxylic acids is 2. The van der Waals surface area contributed by atoms with Crippen LogP contribution in [0.15, 0.2) is 85.1 Å². The number of allylic oxidation sites excluding steroid dienone is 14. The van der Waals surface area contributed by atoms with Gasteiger partial charge in [0.15, 0.2) is 6.10 Å². The summed E-state index contributed by atoms with van der Waals surface area (Å²) in [5, 5.41) is 0. The molecule has 0 spiro atoms. The second-order valence-corrected chi connectivity index (χ2v) is 14.1. The molecule has 1 atom stereocenters. The van der Waals surface area contributed by atoms with Crippen molar-refractivity contribution in [1.29, 1.82) is 0 Å². The molecule has 0 aromatic heterocycles. The van der Waals surface area contributed by atoms with E-state index in [-0.39, 0.29) is 19.4 Å². The van der Waals surface area contributed by atoms with Gasteiger partial charge >= 0.3 is 19.8 Å². The van der Waals surface area contributed by atoms with Gasteiger partial charge in [-0.25, -0.2) is 4.57 Å². The molecule has 0 aliphatic carbocycles. The lowest BCUT2D eigenvalue weighted by molar-refractivity contribution is -0.161. The van der Waals surface area contributed by atoms with E-state index in [0.717, 1.165) is 77.0 Å². The Kier molecular flexibility index (Phi) is 35.9. The molecule has 52 heavy (non-hydrogen) atoms. The number of carbonyl (C=O) groups is 2. The first-order valence-electron chi connectivity index (χ1n) is 19.9. The van der Waals surface area contributed by atoms with Gasteiger partial charge in [0.1, 0.15) is 6.61 Å². The van der Waals surface area contributed by atoms with Gasteiger partial charge in [0.2, 0.25) is 0 Å². The second kappa shape index (κ2) is 38.0. The predicted octanol–water partition coefficient (Wildman–Crippen LogP) is 12.1. The van der Waals surface area contributed by atoms with Crippen LogP contribution in [0.1, 0.15) is 155 Å². The molecule has 0 aromatic rings. The zero-order chi connectivity index (χ0) is 38.2. The monoisotopic (exact) mass is 746 g/mol. The molecule has 0 bridgehead atoms. The smallest absolute Gasteiger partial charge is 0.462 e. The minimum Gasteiger partial charge on any atom is -0.462 e. The molecular formula is C43H71O8P. The molecule has 0 radical (unpaired) electrons. The highest BCUT2D eigenvalue weighted by atomic mass is 31.2. The molecule has 0 amide bonds. The molecule has 0 unspecified atom stereocenters. The van der Waals surface area contributed by atoms with E-state index >= 15 is 0 Å². The molecule has 0 aromatic carbocycles. The zero-order valence-corrected chi connectivity index (χ0v) is 33.3. The van der Waals surface area contributed by atoms with E-state index in [1.54, 1.807) is 0 Å². The van der Waals surface area contributed by atoms with Gasteiger partial charge < -0.3 is 19.3 Å². The number of ether oxygens (including phenoxy) is 2. The van der Waals surface area contributed by atoms with Crippen LogP contribution in [-0.4, -0.2) is 41.0 Å². The minimum atomic E-state index is -4.78. The molecule has 0 saturated carbocycles. The van der Waals surface area contributed by atoms with E-state index in [4.69, 9.17) is 19.3 Å². The lowest BCUT2D eigenvalue weighted by atomic mass is 10.1. The fourth-order valence-electron chi connectivity index (χ4n) is 4.98. The number of unbranched alkanes of at least 4 members (excludes halogenated alkanes) is 11. The first kappa shape index (κ1) is 49.2. The maximum absolute atomic E-state index is 12.4. The summed E-state index contributed by atoms with van der Waals surface area (Å²) in [5.74, 6) is -1.00. The maximum atomic E-state index is 12.4. The Labute approximate surface area is 316 Å². The number of phosphoric acid groups is 1. The largest absolute Gasteiger partial charge is 0.469 e. The molecular weight excluding hydrogens is 675 g/mol. The van der Waals surface area contributed by atoms with Crippen molar-refractivity contribution >= 4 is 19.8 Å². The highest BCUT2D eigenvalue weighted by molar-refractivity contribution is 7.46. The third-order valence-corrected chi connectivity index (χ3v) is 8.40. The van der Waals surface area contributed by atoms with Gasteiger partial charge in [-0.3, -0.25) is 14.1 Å². The third-order valence-electron chi connectivity index (χ3n) is 7.91. The van der Waals surface area contributed by atoms with E-state index in [9.17, 15) is 14.2 Å². The summed E-state index contributed by atoms with van der Waals surface area (Å²) in [7, 11) is -4.78. The van der Waals surface area contributed by atoms with E-state index in [1.807, 2.05) is 12.2 Å². The summed E-state index contributed by atoms with van der Waals surface area (Å²) in [6.45, 7) is 3.48. The van der Waals surface area contributed by atoms with Crippen LogP contribution in [0.3, 0.4) is 0 Å². The minimum absolute atomic E-state index is 0.136. The second-order valence-electron chi connectivity index (χ2n) is 12.9. The summed E-state index contributed by atoms with van der Waals surface area (Å²) in [6, 6.07) is 0. The van der Waals surface area contributed by atoms with E-state index < -0.39 is 32.5 Å². The fraction of sp³-hybridized carbons (Fsp3) is 0.628. The SMILES string of the molecule is CC/C=C/C/C=C/C/C=C/C/C=C/C/C=C/C/C=C/CCC(=O)OC[C@H](COP(=O)(O)O)OC(=O)CCCCCCC/C=C/CCCCCCCC. The van der Waals surface area contributed by atoms with Crippen LogP contribution in [0, 0.1) is 0 Å². The number of hydrogen-bond acceptors (Lipinski definition) is 6. The van der Waals surface area contributed by atoms with Crippen LogP contribution in [0.2, 0.25) is 0 Å². The maximum Gasteiger partial charge on any atom is 0.469 e. The summed E-state index contributed by atoms with van der Waals surface area (Å²) in [4.78, 5) is 42.7. The number of rotatable bonds is 35. The summed E-state index contributed by atoms with van der Waals surface area (Å²) < 4.78 is 26.3. The van der Waals surface area contributed by atoms with Crippen molar-refractivity contribution in [2.45, 2.75) is 161 Å². The Hall–Kier alpha value is -2.77. The first-order valence-corrected chi connectivity index (χ1v) is 21.4. The molecule has 0 rings (SSSR count).